The fraction of sp³-hybridized carbons (Fsp3) is 0.483. The largest absolute Gasteiger partial charge is 0.361 e. The van der Waals surface area contributed by atoms with E-state index in [4.69, 9.17) is 19.8 Å². The Kier molecular flexibility index (Phi) is 8.65. The van der Waals surface area contributed by atoms with E-state index in [1.54, 1.807) is 23.5 Å². The number of rotatable bonds is 10. The summed E-state index contributed by atoms with van der Waals surface area (Å²) in [4.78, 5) is 16.6. The summed E-state index contributed by atoms with van der Waals surface area (Å²) >= 11 is 1.55. The highest BCUT2D eigenvalue weighted by atomic mass is 32.1. The molecule has 1 aliphatic rings. The molecule has 0 spiro atoms. The van der Waals surface area contributed by atoms with Gasteiger partial charge in [0.15, 0.2) is 16.6 Å². The van der Waals surface area contributed by atoms with E-state index in [-0.39, 0.29) is 11.4 Å². The molecule has 9 nitrogen and oxygen atoms in total. The number of imidazole rings is 1. The second-order valence-electron chi connectivity index (χ2n) is 11.0. The average molecular weight is 567 g/mol. The second-order valence-corrected chi connectivity index (χ2v) is 11.8. The van der Waals surface area contributed by atoms with Crippen molar-refractivity contribution in [3.63, 3.8) is 0 Å². The molecule has 0 amide bonds. The zero-order valence-electron chi connectivity index (χ0n) is 24.0. The summed E-state index contributed by atoms with van der Waals surface area (Å²) in [7, 11) is 2.00. The summed E-state index contributed by atoms with van der Waals surface area (Å²) in [5.74, 6) is 1.61. The monoisotopic (exact) mass is 566 g/mol. The van der Waals surface area contributed by atoms with Crippen LogP contribution in [-0.2, 0) is 11.2 Å². The average Bonchev–Trinajstić information content (AvgIpc) is 3.58. The molecule has 0 saturated carbocycles. The number of hydrogen-bond acceptors (Lipinski definition) is 9. The third-order valence-corrected chi connectivity index (χ3v) is 7.91. The van der Waals surface area contributed by atoms with Crippen LogP contribution < -0.4 is 15.1 Å². The van der Waals surface area contributed by atoms with Crippen LogP contribution in [0.25, 0.3) is 16.9 Å². The zero-order chi connectivity index (χ0) is 28.3. The molecule has 1 aliphatic heterocycles. The Labute approximate surface area is 239 Å². The molecule has 3 aromatic heterocycles. The minimum Gasteiger partial charge on any atom is -0.361 e. The highest BCUT2D eigenvalue weighted by Gasteiger charge is 2.23. The summed E-state index contributed by atoms with van der Waals surface area (Å²) in [6.07, 6.45) is 0.780. The summed E-state index contributed by atoms with van der Waals surface area (Å²) in [5.41, 5.74) is 3.38. The molecule has 0 unspecified atom stereocenters. The van der Waals surface area contributed by atoms with Crippen LogP contribution in [0.5, 0.6) is 0 Å². The maximum absolute atomic E-state index is 13.4. The molecule has 5 rings (SSSR count). The molecule has 1 aromatic carbocycles. The summed E-state index contributed by atoms with van der Waals surface area (Å²) in [5, 5.41) is 11.3. The van der Waals surface area contributed by atoms with Gasteiger partial charge < -0.3 is 14.5 Å². The van der Waals surface area contributed by atoms with Gasteiger partial charge in [-0.25, -0.2) is 14.4 Å². The highest BCUT2D eigenvalue weighted by Crippen LogP contribution is 2.33. The number of anilines is 3. The first kappa shape index (κ1) is 28.4. The van der Waals surface area contributed by atoms with Crippen LogP contribution >= 0.6 is 11.3 Å². The van der Waals surface area contributed by atoms with E-state index in [9.17, 15) is 4.39 Å². The molecule has 1 saturated heterocycles. The van der Waals surface area contributed by atoms with Crippen molar-refractivity contribution in [2.24, 2.45) is 0 Å². The lowest BCUT2D eigenvalue weighted by Crippen LogP contribution is -2.48. The molecule has 1 N–H and O–H groups in total. The SMILES string of the molecule is CCc1nc2ccc(N3CCN(CCNCOC(C)(C)C)CC3)nn2c1N(C)c1nc(-c2ccc(F)cc2)cs1. The Bertz CT molecular complexity index is 1410. The van der Waals surface area contributed by atoms with Crippen molar-refractivity contribution in [1.82, 2.24) is 29.8 Å². The first-order chi connectivity index (χ1) is 19.2. The first-order valence-corrected chi connectivity index (χ1v) is 14.8. The molecule has 1 fully saturated rings. The van der Waals surface area contributed by atoms with Crippen LogP contribution in [0, 0.1) is 5.82 Å². The maximum Gasteiger partial charge on any atom is 0.191 e. The summed E-state index contributed by atoms with van der Waals surface area (Å²) in [6.45, 7) is 14.6. The van der Waals surface area contributed by atoms with Crippen molar-refractivity contribution >= 4 is 33.8 Å². The first-order valence-electron chi connectivity index (χ1n) is 13.9. The number of ether oxygens (including phenoxy) is 1. The molecule has 4 aromatic rings. The normalized spacial score (nSPS) is 14.8. The molecule has 4 heterocycles. The predicted molar refractivity (Wildman–Crippen MR) is 160 cm³/mol. The predicted octanol–water partition coefficient (Wildman–Crippen LogP) is 4.81. The zero-order valence-corrected chi connectivity index (χ0v) is 24.8. The topological polar surface area (TPSA) is 74.1 Å². The third-order valence-electron chi connectivity index (χ3n) is 6.99. The highest BCUT2D eigenvalue weighted by molar-refractivity contribution is 7.14. The lowest BCUT2D eigenvalue weighted by Gasteiger charge is -2.35. The quantitative estimate of drug-likeness (QED) is 0.217. The van der Waals surface area contributed by atoms with Gasteiger partial charge in [0.1, 0.15) is 11.6 Å². The molecular weight excluding hydrogens is 527 g/mol. The summed E-state index contributed by atoms with van der Waals surface area (Å²) in [6, 6.07) is 10.6. The number of hydrogen-bond donors (Lipinski definition) is 1. The summed E-state index contributed by atoms with van der Waals surface area (Å²) < 4.78 is 21.1. The Balaban J connectivity index is 1.27. The van der Waals surface area contributed by atoms with E-state index in [1.165, 1.54) is 12.1 Å². The molecule has 0 aliphatic carbocycles. The van der Waals surface area contributed by atoms with Gasteiger partial charge in [-0.15, -0.1) is 16.4 Å². The van der Waals surface area contributed by atoms with Crippen molar-refractivity contribution in [2.45, 2.75) is 39.7 Å². The molecule has 0 atom stereocenters. The molecule has 0 radical (unpaired) electrons. The fourth-order valence-corrected chi connectivity index (χ4v) is 5.54. The number of thiazole rings is 1. The van der Waals surface area contributed by atoms with Crippen molar-refractivity contribution in [3.8, 4) is 11.3 Å². The van der Waals surface area contributed by atoms with E-state index in [0.717, 1.165) is 85.1 Å². The lowest BCUT2D eigenvalue weighted by atomic mass is 10.2. The standard InChI is InChI=1S/C29H39FN8OS/c1-6-23-27(35(5)28-33-24(19-40-28)21-7-9-22(30)10-8-21)38-25(32-23)11-12-26(34-38)37-17-15-36(16-18-37)14-13-31-20-39-29(2,3)4/h7-12,19,31H,6,13-18,20H2,1-5H3. The number of halogens is 1. The third kappa shape index (κ3) is 6.60. The minimum absolute atomic E-state index is 0.123. The van der Waals surface area contributed by atoms with Gasteiger partial charge in [0, 0.05) is 57.3 Å². The number of fused-ring (bicyclic) bond motifs is 1. The smallest absolute Gasteiger partial charge is 0.191 e. The minimum atomic E-state index is -0.253. The van der Waals surface area contributed by atoms with Crippen molar-refractivity contribution in [1.29, 1.82) is 0 Å². The molecular formula is C29H39FN8OS. The Morgan fingerprint density at radius 1 is 1.05 bits per heavy atom. The molecule has 214 valence electrons. The number of nitrogens with zero attached hydrogens (tertiary/aromatic N) is 7. The van der Waals surface area contributed by atoms with Crippen molar-refractivity contribution < 1.29 is 9.13 Å². The van der Waals surface area contributed by atoms with Gasteiger partial charge >= 0.3 is 0 Å². The lowest BCUT2D eigenvalue weighted by molar-refractivity contribution is -0.0137. The van der Waals surface area contributed by atoms with E-state index >= 15 is 0 Å². The van der Waals surface area contributed by atoms with Gasteiger partial charge in [-0.1, -0.05) is 6.92 Å². The number of aryl methyl sites for hydroxylation is 1. The van der Waals surface area contributed by atoms with Crippen LogP contribution in [0.1, 0.15) is 33.4 Å². The molecule has 40 heavy (non-hydrogen) atoms. The van der Waals surface area contributed by atoms with Gasteiger partial charge in [0.25, 0.3) is 0 Å². The maximum atomic E-state index is 13.4. The van der Waals surface area contributed by atoms with Crippen molar-refractivity contribution in [3.05, 3.63) is 53.3 Å². The Morgan fingerprint density at radius 3 is 2.50 bits per heavy atom. The van der Waals surface area contributed by atoms with Crippen LogP contribution in [0.3, 0.4) is 0 Å². The van der Waals surface area contributed by atoms with Crippen LogP contribution in [0.2, 0.25) is 0 Å². The Morgan fingerprint density at radius 2 is 1.80 bits per heavy atom. The number of benzene rings is 1. The van der Waals surface area contributed by atoms with Crippen LogP contribution in [0.15, 0.2) is 41.8 Å². The van der Waals surface area contributed by atoms with Gasteiger partial charge in [0.05, 0.1) is 23.7 Å². The number of aromatic nitrogens is 4. The van der Waals surface area contributed by atoms with Crippen LogP contribution in [0.4, 0.5) is 21.2 Å². The van der Waals surface area contributed by atoms with Gasteiger partial charge in [-0.2, -0.15) is 4.52 Å². The van der Waals surface area contributed by atoms with Gasteiger partial charge in [0.2, 0.25) is 0 Å². The van der Waals surface area contributed by atoms with E-state index in [0.29, 0.717) is 6.73 Å². The van der Waals surface area contributed by atoms with E-state index in [1.807, 2.05) is 16.9 Å². The van der Waals surface area contributed by atoms with E-state index < -0.39 is 0 Å². The molecule has 11 heteroatoms. The number of piperazine rings is 1. The molecule has 0 bridgehead atoms. The van der Waals surface area contributed by atoms with Gasteiger partial charge in [-0.05, 0) is 63.6 Å². The van der Waals surface area contributed by atoms with Crippen LogP contribution in [-0.4, -0.2) is 83.1 Å². The second kappa shape index (κ2) is 12.2. The van der Waals surface area contributed by atoms with Gasteiger partial charge in [-0.3, -0.25) is 10.2 Å². The van der Waals surface area contributed by atoms with Crippen molar-refractivity contribution in [2.75, 3.05) is 62.8 Å². The number of nitrogens with one attached hydrogen (secondary N) is 1. The fourth-order valence-electron chi connectivity index (χ4n) is 4.74. The Hall–Kier alpha value is -3.12. The van der Waals surface area contributed by atoms with E-state index in [2.05, 4.69) is 59.8 Å².